The van der Waals surface area contributed by atoms with Gasteiger partial charge in [-0.05, 0) is 43.3 Å². The van der Waals surface area contributed by atoms with Crippen molar-refractivity contribution < 1.29 is 13.9 Å². The molecule has 0 aliphatic carbocycles. The van der Waals surface area contributed by atoms with Crippen molar-refractivity contribution in [3.05, 3.63) is 107 Å². The molecule has 3 aromatic heterocycles. The molecule has 5 aromatic rings. The van der Waals surface area contributed by atoms with E-state index >= 15 is 0 Å². The van der Waals surface area contributed by atoms with Crippen LogP contribution in [0.25, 0.3) is 11.2 Å². The van der Waals surface area contributed by atoms with Crippen LogP contribution in [0.5, 0.6) is 11.5 Å². The van der Waals surface area contributed by atoms with Crippen LogP contribution in [0.2, 0.25) is 0 Å². The Morgan fingerprint density at radius 3 is 2.59 bits per heavy atom. The predicted octanol–water partition coefficient (Wildman–Crippen LogP) is 4.32. The number of benzene rings is 2. The molecule has 0 radical (unpaired) electrons. The summed E-state index contributed by atoms with van der Waals surface area (Å²) >= 11 is 0. The fourth-order valence-corrected chi connectivity index (χ4v) is 3.82. The van der Waals surface area contributed by atoms with Crippen molar-refractivity contribution >= 4 is 17.1 Å². The van der Waals surface area contributed by atoms with Gasteiger partial charge in [0, 0.05) is 31.1 Å². The molecule has 1 N–H and O–H groups in total. The van der Waals surface area contributed by atoms with E-state index in [1.165, 1.54) is 16.8 Å². The van der Waals surface area contributed by atoms with E-state index in [-0.39, 0.29) is 17.0 Å². The van der Waals surface area contributed by atoms with Crippen molar-refractivity contribution in [2.45, 2.75) is 6.92 Å². The van der Waals surface area contributed by atoms with Gasteiger partial charge in [-0.3, -0.25) is 14.3 Å². The minimum Gasteiger partial charge on any atom is -0.452 e. The molecule has 9 heteroatoms. The number of fused-ring (bicyclic) bond motifs is 1. The highest BCUT2D eigenvalue weighted by Crippen LogP contribution is 2.29. The number of rotatable bonds is 5. The van der Waals surface area contributed by atoms with Gasteiger partial charge < -0.3 is 10.1 Å². The average Bonchev–Trinajstić information content (AvgIpc) is 3.39. The maximum atomic E-state index is 14.8. The third-order valence-corrected chi connectivity index (χ3v) is 5.59. The molecule has 0 unspecified atom stereocenters. The first-order valence-electron chi connectivity index (χ1n) is 10.5. The zero-order valence-electron chi connectivity index (χ0n) is 18.4. The maximum Gasteiger partial charge on any atom is 0.284 e. The van der Waals surface area contributed by atoms with Gasteiger partial charge in [-0.15, -0.1) is 0 Å². The van der Waals surface area contributed by atoms with Crippen LogP contribution in [0, 0.1) is 12.7 Å². The molecule has 0 spiro atoms. The van der Waals surface area contributed by atoms with Crippen molar-refractivity contribution in [3.63, 3.8) is 0 Å². The van der Waals surface area contributed by atoms with Crippen LogP contribution in [0.15, 0.2) is 83.9 Å². The number of amides is 1. The number of ether oxygens (including phenoxy) is 1. The number of nitrogens with one attached hydrogen (secondary N) is 1. The molecule has 5 rings (SSSR count). The molecule has 8 nitrogen and oxygen atoms in total. The second kappa shape index (κ2) is 8.36. The summed E-state index contributed by atoms with van der Waals surface area (Å²) in [5.74, 6) is -0.845. The first-order valence-corrected chi connectivity index (χ1v) is 10.5. The standard InChI is InChI=1S/C25H20FN5O3/c1-16-23(25(33)31(29(16)2)18-7-4-3-5-8-18)24(32)28-17-10-11-21(19(26)15-17)34-22-12-13-27-30-14-6-9-20(22)30/h3-15H,1-2H3,(H,28,32). The maximum absolute atomic E-state index is 14.8. The number of para-hydroxylation sites is 1. The highest BCUT2D eigenvalue weighted by Gasteiger charge is 2.22. The summed E-state index contributed by atoms with van der Waals surface area (Å²) in [5.41, 5.74) is 1.54. The van der Waals surface area contributed by atoms with Gasteiger partial charge in [-0.1, -0.05) is 18.2 Å². The van der Waals surface area contributed by atoms with E-state index in [1.54, 1.807) is 59.8 Å². The fraction of sp³-hybridized carbons (Fsp3) is 0.0800. The third-order valence-electron chi connectivity index (χ3n) is 5.59. The lowest BCUT2D eigenvalue weighted by atomic mass is 10.2. The Balaban J connectivity index is 1.40. The molecular weight excluding hydrogens is 437 g/mol. The zero-order chi connectivity index (χ0) is 23.8. The number of nitrogens with zero attached hydrogens (tertiary/aromatic N) is 4. The van der Waals surface area contributed by atoms with Crippen LogP contribution in [0.4, 0.5) is 10.1 Å². The molecule has 170 valence electrons. The van der Waals surface area contributed by atoms with Gasteiger partial charge in [0.05, 0.1) is 17.6 Å². The number of carbonyl (C=O) groups excluding carboxylic acids is 1. The highest BCUT2D eigenvalue weighted by atomic mass is 19.1. The van der Waals surface area contributed by atoms with Crippen molar-refractivity contribution in [1.29, 1.82) is 0 Å². The third kappa shape index (κ3) is 3.62. The van der Waals surface area contributed by atoms with Crippen LogP contribution in [-0.4, -0.2) is 24.9 Å². The molecule has 0 bridgehead atoms. The Labute approximate surface area is 193 Å². The Kier molecular flexibility index (Phi) is 5.21. The first kappa shape index (κ1) is 21.2. The van der Waals surface area contributed by atoms with Crippen molar-refractivity contribution in [3.8, 4) is 17.2 Å². The van der Waals surface area contributed by atoms with E-state index in [9.17, 15) is 14.0 Å². The van der Waals surface area contributed by atoms with E-state index in [0.717, 1.165) is 6.07 Å². The van der Waals surface area contributed by atoms with E-state index in [2.05, 4.69) is 10.4 Å². The minimum absolute atomic E-state index is 0.00498. The van der Waals surface area contributed by atoms with Crippen LogP contribution < -0.4 is 15.6 Å². The van der Waals surface area contributed by atoms with Crippen molar-refractivity contribution in [2.75, 3.05) is 5.32 Å². The van der Waals surface area contributed by atoms with Crippen molar-refractivity contribution in [1.82, 2.24) is 19.0 Å². The van der Waals surface area contributed by atoms with Gasteiger partial charge in [0.2, 0.25) is 0 Å². The Morgan fingerprint density at radius 2 is 1.82 bits per heavy atom. The van der Waals surface area contributed by atoms with Crippen LogP contribution >= 0.6 is 0 Å². The van der Waals surface area contributed by atoms with Gasteiger partial charge >= 0.3 is 0 Å². The molecular formula is C25H20FN5O3. The SMILES string of the molecule is Cc1c(C(=O)Nc2ccc(Oc3ccnn4cccc34)c(F)c2)c(=O)n(-c2ccccc2)n1C. The summed E-state index contributed by atoms with van der Waals surface area (Å²) in [5, 5.41) is 6.76. The van der Waals surface area contributed by atoms with Gasteiger partial charge in [0.25, 0.3) is 11.5 Å². The minimum atomic E-state index is -0.661. The second-order valence-electron chi connectivity index (χ2n) is 7.67. The summed E-state index contributed by atoms with van der Waals surface area (Å²) in [6.07, 6.45) is 3.31. The summed E-state index contributed by atoms with van der Waals surface area (Å²) in [7, 11) is 1.70. The van der Waals surface area contributed by atoms with Gasteiger partial charge in [0.1, 0.15) is 11.1 Å². The summed E-state index contributed by atoms with van der Waals surface area (Å²) < 4.78 is 25.2. The van der Waals surface area contributed by atoms with Crippen molar-refractivity contribution in [2.24, 2.45) is 7.05 Å². The van der Waals surface area contributed by atoms with Gasteiger partial charge in [-0.25, -0.2) is 13.6 Å². The molecule has 3 heterocycles. The number of halogens is 1. The zero-order valence-corrected chi connectivity index (χ0v) is 18.4. The molecule has 0 saturated carbocycles. The predicted molar refractivity (Wildman–Crippen MR) is 125 cm³/mol. The molecule has 34 heavy (non-hydrogen) atoms. The fourth-order valence-electron chi connectivity index (χ4n) is 3.82. The van der Waals surface area contributed by atoms with Gasteiger partial charge in [-0.2, -0.15) is 5.10 Å². The quantitative estimate of drug-likeness (QED) is 0.426. The summed E-state index contributed by atoms with van der Waals surface area (Å²) in [6, 6.07) is 18.4. The lowest BCUT2D eigenvalue weighted by molar-refractivity contribution is 0.102. The molecule has 0 aliphatic heterocycles. The number of carbonyl (C=O) groups is 1. The van der Waals surface area contributed by atoms with E-state index in [4.69, 9.17) is 4.74 Å². The topological polar surface area (TPSA) is 82.6 Å². The van der Waals surface area contributed by atoms with Gasteiger partial charge in [0.15, 0.2) is 17.3 Å². The van der Waals surface area contributed by atoms with Crippen LogP contribution in [0.1, 0.15) is 16.1 Å². The number of anilines is 1. The largest absolute Gasteiger partial charge is 0.452 e. The molecule has 0 fully saturated rings. The molecule has 2 aromatic carbocycles. The molecule has 1 amide bonds. The van der Waals surface area contributed by atoms with Crippen LogP contribution in [0.3, 0.4) is 0 Å². The number of hydrogen-bond donors (Lipinski definition) is 1. The van der Waals surface area contributed by atoms with E-state index in [0.29, 0.717) is 22.6 Å². The Morgan fingerprint density at radius 1 is 1.03 bits per heavy atom. The number of aromatic nitrogens is 4. The highest BCUT2D eigenvalue weighted by molar-refractivity contribution is 6.05. The molecule has 0 atom stereocenters. The molecule has 0 saturated heterocycles. The average molecular weight is 457 g/mol. The summed E-state index contributed by atoms with van der Waals surface area (Å²) in [6.45, 7) is 1.68. The first-order chi connectivity index (χ1) is 16.4. The normalized spacial score (nSPS) is 11.0. The monoisotopic (exact) mass is 457 g/mol. The number of hydrogen-bond acceptors (Lipinski definition) is 4. The lowest BCUT2D eigenvalue weighted by Crippen LogP contribution is -2.25. The van der Waals surface area contributed by atoms with Crippen LogP contribution in [-0.2, 0) is 7.05 Å². The Bertz CT molecular complexity index is 1580. The van der Waals surface area contributed by atoms with E-state index < -0.39 is 17.3 Å². The smallest absolute Gasteiger partial charge is 0.284 e. The lowest BCUT2D eigenvalue weighted by Gasteiger charge is -2.10. The second-order valence-corrected chi connectivity index (χ2v) is 7.67. The summed E-state index contributed by atoms with van der Waals surface area (Å²) in [4.78, 5) is 26.0. The molecule has 0 aliphatic rings. The Hall–Kier alpha value is -4.66. The van der Waals surface area contributed by atoms with E-state index in [1.807, 2.05) is 24.3 Å².